The minimum atomic E-state index is -2.77. The van der Waals surface area contributed by atoms with Gasteiger partial charge in [0.2, 0.25) is 5.91 Å². The summed E-state index contributed by atoms with van der Waals surface area (Å²) in [5.41, 5.74) is 17.8. The van der Waals surface area contributed by atoms with Crippen LogP contribution < -0.4 is 27.8 Å². The Morgan fingerprint density at radius 3 is 2.20 bits per heavy atom. The van der Waals surface area contributed by atoms with Crippen molar-refractivity contribution in [1.82, 2.24) is 4.90 Å². The van der Waals surface area contributed by atoms with E-state index in [1.807, 2.05) is 0 Å². The van der Waals surface area contributed by atoms with E-state index in [9.17, 15) is 39.8 Å². The number of carbonyl (C=O) groups is 4. The molecule has 0 spiro atoms. The molecular weight excluding hydrogens is 582 g/mol. The van der Waals surface area contributed by atoms with Crippen LogP contribution in [-0.4, -0.2) is 88.9 Å². The van der Waals surface area contributed by atoms with Crippen LogP contribution in [0.25, 0.3) is 16.9 Å². The number of phenolic OH excluding ortho intramolecular Hbond substituents is 1. The normalized spacial score (nSPS) is 27.5. The van der Waals surface area contributed by atoms with E-state index in [0.29, 0.717) is 16.8 Å². The first-order valence-corrected chi connectivity index (χ1v) is 13.8. The second-order valence-electron chi connectivity index (χ2n) is 12.3. The van der Waals surface area contributed by atoms with E-state index in [1.165, 1.54) is 31.1 Å². The number of Topliss-reactive ketones (excluding diaryl/α,β-unsaturated/α-hetero) is 2. The lowest BCUT2D eigenvalue weighted by Gasteiger charge is -2.58. The fourth-order valence-electron chi connectivity index (χ4n) is 7.34. The largest absolute Gasteiger partial charge is 0.509 e. The number of nitriles is 1. The molecule has 234 valence electrons. The lowest BCUT2D eigenvalue weighted by Crippen LogP contribution is -2.80. The molecule has 1 saturated carbocycles. The van der Waals surface area contributed by atoms with Crippen molar-refractivity contribution in [2.45, 2.75) is 30.0 Å². The van der Waals surface area contributed by atoms with Gasteiger partial charge in [-0.05, 0) is 56.3 Å². The summed E-state index contributed by atoms with van der Waals surface area (Å²) >= 11 is 0. The fraction of sp³-hybridized carbons (Fsp3) is 0.323. The van der Waals surface area contributed by atoms with Crippen molar-refractivity contribution in [1.29, 1.82) is 5.26 Å². The Bertz CT molecular complexity index is 1860. The van der Waals surface area contributed by atoms with Crippen LogP contribution in [0.5, 0.6) is 5.75 Å². The number of fused-ring (bicyclic) bond motifs is 3. The number of amides is 2. The zero-order chi connectivity index (χ0) is 33.5. The average molecular weight is 616 g/mol. The van der Waals surface area contributed by atoms with Gasteiger partial charge in [0.25, 0.3) is 5.91 Å². The SMILES string of the molecule is CN(C)c1cc(-c2cccc(C(N)=O)c2)c(O)c2c1C[C@@]1(N)C[C@@]3(N)[C@H](N(C)C)C(=O)C(C(N)=O)=C(O)[C@@]3(C#N)C(=O)C1=C2O. The summed E-state index contributed by atoms with van der Waals surface area (Å²) in [6.45, 7) is 0. The van der Waals surface area contributed by atoms with Crippen molar-refractivity contribution < 1.29 is 34.5 Å². The average Bonchev–Trinajstić information content (AvgIpc) is 2.91. The highest BCUT2D eigenvalue weighted by atomic mass is 16.3. The Balaban J connectivity index is 1.88. The van der Waals surface area contributed by atoms with Crippen LogP contribution in [0.4, 0.5) is 5.69 Å². The number of nitrogens with zero attached hydrogens (tertiary/aromatic N) is 3. The summed E-state index contributed by atoms with van der Waals surface area (Å²) in [6.07, 6.45) is -0.684. The van der Waals surface area contributed by atoms with Crippen LogP contribution in [0.3, 0.4) is 0 Å². The molecule has 0 saturated heterocycles. The molecule has 11 N–H and O–H groups in total. The van der Waals surface area contributed by atoms with Crippen LogP contribution in [0, 0.1) is 16.7 Å². The first-order valence-electron chi connectivity index (χ1n) is 13.8. The number of aromatic hydroxyl groups is 1. The summed E-state index contributed by atoms with van der Waals surface area (Å²) in [6, 6.07) is 8.00. The zero-order valence-corrected chi connectivity index (χ0v) is 25.0. The Labute approximate surface area is 257 Å². The molecule has 0 heterocycles. The molecule has 4 atom stereocenters. The van der Waals surface area contributed by atoms with Gasteiger partial charge >= 0.3 is 0 Å². The number of aliphatic hydroxyl groups is 2. The number of anilines is 1. The Hall–Kier alpha value is -5.23. The van der Waals surface area contributed by atoms with E-state index in [1.54, 1.807) is 43.3 Å². The first kappa shape index (κ1) is 31.2. The predicted molar refractivity (Wildman–Crippen MR) is 162 cm³/mol. The number of hydrogen-bond acceptors (Lipinski definition) is 12. The number of primary amides is 2. The standard InChI is InChI=1S/C31H33N7O7/c1-37(2)17-9-15(13-6-5-7-14(8-13)27(33)44)21(39)18-16(17)10-29(35)11-31(36)24(38(3)4)23(41)19(28(34)45)25(42)30(31,12-32)26(43)20(29)22(18)40/h5-9,24,39-40,42H,10-11,35-36H2,1-4H3,(H2,33,44)(H2,34,45)/t24-,29-,30+,31-/m1/s1. The molecule has 0 aliphatic heterocycles. The highest BCUT2D eigenvalue weighted by molar-refractivity contribution is 6.25. The minimum absolute atomic E-state index is 0.159. The summed E-state index contributed by atoms with van der Waals surface area (Å²) in [5.74, 6) is -6.77. The number of nitrogens with two attached hydrogens (primary N) is 4. The van der Waals surface area contributed by atoms with Gasteiger partial charge in [-0.2, -0.15) is 5.26 Å². The lowest BCUT2D eigenvalue weighted by atomic mass is 9.47. The first-order chi connectivity index (χ1) is 20.9. The number of likely N-dealkylation sites (N-methyl/N-ethyl adjacent to an activating group) is 1. The minimum Gasteiger partial charge on any atom is -0.509 e. The van der Waals surface area contributed by atoms with E-state index < -0.39 is 80.8 Å². The van der Waals surface area contributed by atoms with Crippen LogP contribution in [0.1, 0.15) is 27.9 Å². The van der Waals surface area contributed by atoms with Gasteiger partial charge in [0.05, 0.1) is 34.3 Å². The third-order valence-electron chi connectivity index (χ3n) is 9.17. The second-order valence-corrected chi connectivity index (χ2v) is 12.3. The van der Waals surface area contributed by atoms with Crippen molar-refractivity contribution in [3.8, 4) is 22.9 Å². The van der Waals surface area contributed by atoms with Gasteiger partial charge in [0, 0.05) is 30.9 Å². The molecule has 1 fully saturated rings. The number of benzene rings is 2. The molecule has 0 bridgehead atoms. The summed E-state index contributed by atoms with van der Waals surface area (Å²) in [5, 5.41) is 45.5. The number of rotatable bonds is 5. The maximum Gasteiger partial charge on any atom is 0.255 e. The summed E-state index contributed by atoms with van der Waals surface area (Å²) < 4.78 is 0. The van der Waals surface area contributed by atoms with Gasteiger partial charge in [0.1, 0.15) is 22.8 Å². The zero-order valence-electron chi connectivity index (χ0n) is 25.0. The molecule has 2 aromatic carbocycles. The Morgan fingerprint density at radius 1 is 1.02 bits per heavy atom. The van der Waals surface area contributed by atoms with Crippen molar-refractivity contribution in [3.63, 3.8) is 0 Å². The van der Waals surface area contributed by atoms with Crippen LogP contribution in [-0.2, 0) is 20.8 Å². The lowest BCUT2D eigenvalue weighted by molar-refractivity contribution is -0.139. The molecule has 2 amide bonds. The van der Waals surface area contributed by atoms with Crippen LogP contribution in [0.2, 0.25) is 0 Å². The summed E-state index contributed by atoms with van der Waals surface area (Å²) in [4.78, 5) is 55.5. The topological polar surface area (TPSA) is 263 Å². The predicted octanol–water partition coefficient (Wildman–Crippen LogP) is -0.263. The fourth-order valence-corrected chi connectivity index (χ4v) is 7.34. The maximum atomic E-state index is 14.6. The van der Waals surface area contributed by atoms with Gasteiger partial charge in [-0.3, -0.25) is 24.1 Å². The van der Waals surface area contributed by atoms with E-state index in [4.69, 9.17) is 22.9 Å². The molecule has 45 heavy (non-hydrogen) atoms. The van der Waals surface area contributed by atoms with Crippen molar-refractivity contribution >= 4 is 34.8 Å². The van der Waals surface area contributed by atoms with Gasteiger partial charge in [0.15, 0.2) is 17.0 Å². The van der Waals surface area contributed by atoms with Crippen molar-refractivity contribution in [2.75, 3.05) is 33.1 Å². The molecule has 2 aromatic rings. The highest BCUT2D eigenvalue weighted by Gasteiger charge is 2.74. The monoisotopic (exact) mass is 615 g/mol. The Morgan fingerprint density at radius 2 is 1.67 bits per heavy atom. The molecule has 0 unspecified atom stereocenters. The highest BCUT2D eigenvalue weighted by Crippen LogP contribution is 2.59. The Kier molecular flexibility index (Phi) is 6.86. The van der Waals surface area contributed by atoms with Crippen LogP contribution >= 0.6 is 0 Å². The number of hydrogen-bond donors (Lipinski definition) is 7. The van der Waals surface area contributed by atoms with Crippen molar-refractivity contribution in [2.24, 2.45) is 28.3 Å². The third-order valence-corrected chi connectivity index (χ3v) is 9.17. The smallest absolute Gasteiger partial charge is 0.255 e. The molecule has 0 aromatic heterocycles. The third kappa shape index (κ3) is 3.91. The van der Waals surface area contributed by atoms with Crippen molar-refractivity contribution in [3.05, 3.63) is 63.9 Å². The number of carbonyl (C=O) groups excluding carboxylic acids is 4. The molecule has 0 radical (unpaired) electrons. The molecular formula is C31H33N7O7. The van der Waals surface area contributed by atoms with E-state index >= 15 is 0 Å². The van der Waals surface area contributed by atoms with E-state index in [0.717, 1.165) is 0 Å². The molecule has 14 nitrogen and oxygen atoms in total. The van der Waals surface area contributed by atoms with Gasteiger partial charge in [-0.25, -0.2) is 0 Å². The number of ketones is 2. The maximum absolute atomic E-state index is 14.6. The molecule has 3 aliphatic carbocycles. The van der Waals surface area contributed by atoms with Gasteiger partial charge < -0.3 is 43.2 Å². The molecule has 3 aliphatic rings. The van der Waals surface area contributed by atoms with E-state index in [-0.39, 0.29) is 23.1 Å². The van der Waals surface area contributed by atoms with E-state index in [2.05, 4.69) is 0 Å². The quantitative estimate of drug-likeness (QED) is 0.215. The van der Waals surface area contributed by atoms with Gasteiger partial charge in [-0.15, -0.1) is 0 Å². The van der Waals surface area contributed by atoms with Gasteiger partial charge in [-0.1, -0.05) is 12.1 Å². The molecule has 5 rings (SSSR count). The number of phenols is 1. The second kappa shape index (κ2) is 9.89. The van der Waals surface area contributed by atoms with Crippen LogP contribution in [0.15, 0.2) is 47.2 Å². The molecule has 14 heteroatoms. The number of aliphatic hydroxyl groups excluding tert-OH is 2. The summed E-state index contributed by atoms with van der Waals surface area (Å²) in [7, 11) is 6.32.